The molecular formula is C20H23N3O3. The van der Waals surface area contributed by atoms with E-state index in [2.05, 4.69) is 10.6 Å². The minimum Gasteiger partial charge on any atom is -0.364 e. The maximum atomic E-state index is 12.4. The van der Waals surface area contributed by atoms with Crippen molar-refractivity contribution in [3.63, 3.8) is 0 Å². The van der Waals surface area contributed by atoms with Crippen molar-refractivity contribution in [1.29, 1.82) is 0 Å². The predicted octanol–water partition coefficient (Wildman–Crippen LogP) is 2.69. The van der Waals surface area contributed by atoms with Crippen LogP contribution in [0.15, 0.2) is 48.5 Å². The zero-order valence-electron chi connectivity index (χ0n) is 14.7. The van der Waals surface area contributed by atoms with Crippen molar-refractivity contribution in [3.05, 3.63) is 59.7 Å². The molecule has 3 rings (SSSR count). The van der Waals surface area contributed by atoms with Crippen molar-refractivity contribution in [1.82, 2.24) is 0 Å². The molecule has 0 radical (unpaired) electrons. The summed E-state index contributed by atoms with van der Waals surface area (Å²) < 4.78 is 5.63. The number of anilines is 2. The topological polar surface area (TPSA) is 93.5 Å². The monoisotopic (exact) mass is 353 g/mol. The molecule has 1 aliphatic rings. The van der Waals surface area contributed by atoms with E-state index in [0.717, 1.165) is 12.0 Å². The van der Waals surface area contributed by atoms with E-state index < -0.39 is 6.10 Å². The van der Waals surface area contributed by atoms with E-state index in [0.29, 0.717) is 29.9 Å². The third-order valence-electron chi connectivity index (χ3n) is 4.54. The van der Waals surface area contributed by atoms with Crippen LogP contribution in [0.2, 0.25) is 0 Å². The number of hydrogen-bond acceptors (Lipinski definition) is 4. The van der Waals surface area contributed by atoms with Gasteiger partial charge < -0.3 is 21.1 Å². The van der Waals surface area contributed by atoms with E-state index in [1.807, 2.05) is 31.2 Å². The Morgan fingerprint density at radius 3 is 2.38 bits per heavy atom. The van der Waals surface area contributed by atoms with Gasteiger partial charge in [0.05, 0.1) is 6.10 Å². The smallest absolute Gasteiger partial charge is 0.255 e. The summed E-state index contributed by atoms with van der Waals surface area (Å²) in [5.41, 5.74) is 8.27. The van der Waals surface area contributed by atoms with Gasteiger partial charge in [0, 0.05) is 23.5 Å². The Kier molecular flexibility index (Phi) is 5.65. The van der Waals surface area contributed by atoms with Crippen molar-refractivity contribution in [2.45, 2.75) is 32.0 Å². The minimum absolute atomic E-state index is 0.0525. The molecule has 1 saturated heterocycles. The van der Waals surface area contributed by atoms with Crippen LogP contribution in [-0.4, -0.2) is 30.6 Å². The van der Waals surface area contributed by atoms with E-state index in [-0.39, 0.29) is 17.9 Å². The molecule has 0 spiro atoms. The summed E-state index contributed by atoms with van der Waals surface area (Å²) in [4.78, 5) is 24.8. The van der Waals surface area contributed by atoms with Gasteiger partial charge in [0.2, 0.25) is 0 Å². The van der Waals surface area contributed by atoms with Crippen molar-refractivity contribution in [2.24, 2.45) is 5.73 Å². The van der Waals surface area contributed by atoms with Crippen LogP contribution in [0.25, 0.3) is 0 Å². The zero-order chi connectivity index (χ0) is 18.5. The largest absolute Gasteiger partial charge is 0.364 e. The fourth-order valence-corrected chi connectivity index (χ4v) is 2.98. The molecular weight excluding hydrogens is 330 g/mol. The highest BCUT2D eigenvalue weighted by atomic mass is 16.5. The number of carbonyl (C=O) groups is 2. The highest BCUT2D eigenvalue weighted by Gasteiger charge is 2.30. The van der Waals surface area contributed by atoms with Crippen molar-refractivity contribution in [2.75, 3.05) is 17.2 Å². The van der Waals surface area contributed by atoms with Gasteiger partial charge in [-0.3, -0.25) is 9.59 Å². The van der Waals surface area contributed by atoms with Crippen molar-refractivity contribution in [3.8, 4) is 0 Å². The van der Waals surface area contributed by atoms with Crippen LogP contribution in [0, 0.1) is 6.92 Å². The van der Waals surface area contributed by atoms with Crippen LogP contribution in [0.1, 0.15) is 28.8 Å². The van der Waals surface area contributed by atoms with Crippen LogP contribution in [-0.2, 0) is 9.53 Å². The van der Waals surface area contributed by atoms with Gasteiger partial charge in [-0.2, -0.15) is 0 Å². The molecule has 0 unspecified atom stereocenters. The first-order valence-electron chi connectivity index (χ1n) is 8.71. The van der Waals surface area contributed by atoms with Gasteiger partial charge in [0.1, 0.15) is 6.10 Å². The lowest BCUT2D eigenvalue weighted by molar-refractivity contribution is -0.126. The second-order valence-corrected chi connectivity index (χ2v) is 6.35. The summed E-state index contributed by atoms with van der Waals surface area (Å²) >= 11 is 0. The Morgan fingerprint density at radius 2 is 1.73 bits per heavy atom. The molecule has 6 nitrogen and oxygen atoms in total. The van der Waals surface area contributed by atoms with Gasteiger partial charge >= 0.3 is 0 Å². The lowest BCUT2D eigenvalue weighted by Crippen LogP contribution is -2.30. The standard InChI is InChI=1S/C20H23N3O3/c1-13-16(22-19(24)14-6-3-2-4-7-14)8-5-9-17(13)23-20(25)18-11-10-15(12-21)26-18/h2-9,15,18H,10-12,21H2,1H3,(H,22,24)(H,23,25)/t15-,18+/m1/s1. The number of nitrogens with one attached hydrogen (secondary N) is 2. The summed E-state index contributed by atoms with van der Waals surface area (Å²) in [6.45, 7) is 2.28. The first-order valence-corrected chi connectivity index (χ1v) is 8.71. The molecule has 6 heteroatoms. The fourth-order valence-electron chi connectivity index (χ4n) is 2.98. The molecule has 2 atom stereocenters. The molecule has 136 valence electrons. The quantitative estimate of drug-likeness (QED) is 0.770. The Hall–Kier alpha value is -2.70. The molecule has 1 heterocycles. The summed E-state index contributed by atoms with van der Waals surface area (Å²) in [6.07, 6.45) is 0.923. The van der Waals surface area contributed by atoms with Gasteiger partial charge in [-0.25, -0.2) is 0 Å². The third kappa shape index (κ3) is 4.09. The molecule has 0 saturated carbocycles. The molecule has 1 fully saturated rings. The van der Waals surface area contributed by atoms with E-state index in [9.17, 15) is 9.59 Å². The average Bonchev–Trinajstić information content (AvgIpc) is 3.15. The fraction of sp³-hybridized carbons (Fsp3) is 0.300. The molecule has 2 amide bonds. The maximum absolute atomic E-state index is 12.4. The van der Waals surface area contributed by atoms with E-state index >= 15 is 0 Å². The summed E-state index contributed by atoms with van der Waals surface area (Å²) in [5.74, 6) is -0.377. The van der Waals surface area contributed by atoms with E-state index in [1.165, 1.54) is 0 Å². The van der Waals surface area contributed by atoms with Gasteiger partial charge in [-0.1, -0.05) is 24.3 Å². The highest BCUT2D eigenvalue weighted by Crippen LogP contribution is 2.26. The molecule has 4 N–H and O–H groups in total. The zero-order valence-corrected chi connectivity index (χ0v) is 14.7. The number of nitrogens with two attached hydrogens (primary N) is 1. The predicted molar refractivity (Wildman–Crippen MR) is 101 cm³/mol. The number of amides is 2. The summed E-state index contributed by atoms with van der Waals surface area (Å²) in [6, 6.07) is 14.4. The van der Waals surface area contributed by atoms with E-state index in [1.54, 1.807) is 24.3 Å². The van der Waals surface area contributed by atoms with Crippen LogP contribution >= 0.6 is 0 Å². The van der Waals surface area contributed by atoms with Crippen molar-refractivity contribution < 1.29 is 14.3 Å². The van der Waals surface area contributed by atoms with Crippen LogP contribution in [0.4, 0.5) is 11.4 Å². The highest BCUT2D eigenvalue weighted by molar-refractivity contribution is 6.05. The summed E-state index contributed by atoms with van der Waals surface area (Å²) in [7, 11) is 0. The van der Waals surface area contributed by atoms with Crippen LogP contribution in [0.3, 0.4) is 0 Å². The molecule has 2 aromatic rings. The SMILES string of the molecule is Cc1c(NC(=O)c2ccccc2)cccc1NC(=O)[C@@H]1CC[C@H](CN)O1. The second kappa shape index (κ2) is 8.12. The Balaban J connectivity index is 1.69. The molecule has 0 bridgehead atoms. The number of hydrogen-bond donors (Lipinski definition) is 3. The van der Waals surface area contributed by atoms with E-state index in [4.69, 9.17) is 10.5 Å². The Morgan fingerprint density at radius 1 is 1.04 bits per heavy atom. The molecule has 0 aliphatic carbocycles. The maximum Gasteiger partial charge on any atom is 0.255 e. The lowest BCUT2D eigenvalue weighted by Gasteiger charge is -2.16. The normalized spacial score (nSPS) is 19.2. The minimum atomic E-state index is -0.481. The third-order valence-corrected chi connectivity index (χ3v) is 4.54. The Bertz CT molecular complexity index is 792. The average molecular weight is 353 g/mol. The number of rotatable bonds is 5. The van der Waals surface area contributed by atoms with Gasteiger partial charge in [0.25, 0.3) is 11.8 Å². The second-order valence-electron chi connectivity index (χ2n) is 6.35. The summed E-state index contributed by atoms with van der Waals surface area (Å²) in [5, 5.41) is 5.78. The van der Waals surface area contributed by atoms with Crippen molar-refractivity contribution >= 4 is 23.2 Å². The first-order chi connectivity index (χ1) is 12.6. The number of benzene rings is 2. The van der Waals surface area contributed by atoms with Gasteiger partial charge in [0.15, 0.2) is 0 Å². The molecule has 1 aliphatic heterocycles. The lowest BCUT2D eigenvalue weighted by atomic mass is 10.1. The number of ether oxygens (including phenoxy) is 1. The Labute approximate surface area is 152 Å². The van der Waals surface area contributed by atoms with Crippen LogP contribution < -0.4 is 16.4 Å². The van der Waals surface area contributed by atoms with Gasteiger partial charge in [-0.15, -0.1) is 0 Å². The molecule has 26 heavy (non-hydrogen) atoms. The molecule has 0 aromatic heterocycles. The first kappa shape index (κ1) is 18.1. The number of carbonyl (C=O) groups excluding carboxylic acids is 2. The van der Waals surface area contributed by atoms with Gasteiger partial charge in [-0.05, 0) is 49.6 Å². The van der Waals surface area contributed by atoms with Crippen LogP contribution in [0.5, 0.6) is 0 Å². The molecule has 2 aromatic carbocycles.